The molecule has 2 rings (SSSR count). The number of nitrogens with two attached hydrogens (primary N) is 1. The Kier molecular flexibility index (Phi) is 5.01. The average Bonchev–Trinajstić information content (AvgIpc) is 2.78. The largest absolute Gasteiger partial charge is 0.366 e. The molecule has 0 radical (unpaired) electrons. The van der Waals surface area contributed by atoms with Crippen molar-refractivity contribution in [3.05, 3.63) is 47.0 Å². The quantitative estimate of drug-likeness (QED) is 0.859. The van der Waals surface area contributed by atoms with E-state index in [1.807, 2.05) is 6.92 Å². The van der Waals surface area contributed by atoms with Gasteiger partial charge in [-0.15, -0.1) is 0 Å². The second kappa shape index (κ2) is 6.77. The lowest BCUT2D eigenvalue weighted by atomic mass is 9.99. The number of hydrogen-bond acceptors (Lipinski definition) is 1. The number of carbonyl (C=O) groups is 1. The van der Waals surface area contributed by atoms with Crippen LogP contribution in [-0.4, -0.2) is 10.5 Å². The normalized spacial score (nSPS) is 10.9. The van der Waals surface area contributed by atoms with Crippen molar-refractivity contribution in [1.82, 2.24) is 4.57 Å². The molecule has 1 heterocycles. The van der Waals surface area contributed by atoms with Crippen molar-refractivity contribution in [1.29, 1.82) is 0 Å². The molecular formula is C18H23FN2O. The van der Waals surface area contributed by atoms with E-state index in [0.29, 0.717) is 5.56 Å². The number of aromatic nitrogens is 1. The van der Waals surface area contributed by atoms with Crippen LogP contribution in [0.2, 0.25) is 0 Å². The summed E-state index contributed by atoms with van der Waals surface area (Å²) in [4.78, 5) is 12.0. The van der Waals surface area contributed by atoms with E-state index in [-0.39, 0.29) is 5.82 Å². The lowest BCUT2D eigenvalue weighted by Crippen LogP contribution is -2.13. The summed E-state index contributed by atoms with van der Waals surface area (Å²) in [5.74, 6) is -0.716. The van der Waals surface area contributed by atoms with Gasteiger partial charge in [0.25, 0.3) is 5.91 Å². The number of benzene rings is 1. The molecule has 0 unspecified atom stereocenters. The highest BCUT2D eigenvalue weighted by Gasteiger charge is 2.23. The van der Waals surface area contributed by atoms with Gasteiger partial charge in [0.2, 0.25) is 0 Å². The Morgan fingerprint density at radius 3 is 2.36 bits per heavy atom. The third-order valence-electron chi connectivity index (χ3n) is 4.08. The molecule has 0 aliphatic heterocycles. The fourth-order valence-electron chi connectivity index (χ4n) is 3.01. The molecule has 22 heavy (non-hydrogen) atoms. The number of unbranched alkanes of at least 4 members (excludes halogenated alkanes) is 1. The van der Waals surface area contributed by atoms with E-state index in [1.54, 1.807) is 12.1 Å². The van der Waals surface area contributed by atoms with Gasteiger partial charge in [-0.3, -0.25) is 4.79 Å². The fraction of sp³-hybridized carbons (Fsp3) is 0.389. The summed E-state index contributed by atoms with van der Waals surface area (Å²) in [6.45, 7) is 7.00. The van der Waals surface area contributed by atoms with Crippen LogP contribution in [0.15, 0.2) is 24.3 Å². The minimum atomic E-state index is -0.429. The van der Waals surface area contributed by atoms with Crippen molar-refractivity contribution in [2.24, 2.45) is 5.73 Å². The Labute approximate surface area is 130 Å². The van der Waals surface area contributed by atoms with Gasteiger partial charge < -0.3 is 10.3 Å². The average molecular weight is 302 g/mol. The lowest BCUT2D eigenvalue weighted by molar-refractivity contribution is 0.1000. The van der Waals surface area contributed by atoms with Crippen molar-refractivity contribution in [2.75, 3.05) is 0 Å². The molecule has 2 aromatic rings. The zero-order valence-electron chi connectivity index (χ0n) is 13.4. The maximum atomic E-state index is 13.2. The SMILES string of the molecule is CCCCn1c(C)c(C(N)=O)c(-c2ccc(F)cc2)c1CC. The monoisotopic (exact) mass is 302 g/mol. The maximum Gasteiger partial charge on any atom is 0.251 e. The number of primary amides is 1. The third-order valence-corrected chi connectivity index (χ3v) is 4.08. The molecule has 4 heteroatoms. The van der Waals surface area contributed by atoms with Crippen molar-refractivity contribution < 1.29 is 9.18 Å². The summed E-state index contributed by atoms with van der Waals surface area (Å²) in [7, 11) is 0. The second-order valence-electron chi connectivity index (χ2n) is 5.51. The molecule has 0 aliphatic rings. The standard InChI is InChI=1S/C18H23FN2O/c1-4-6-11-21-12(3)16(18(20)22)17(15(21)5-2)13-7-9-14(19)10-8-13/h7-10H,4-6,11H2,1-3H3,(H2,20,22). The lowest BCUT2D eigenvalue weighted by Gasteiger charge is -2.11. The Hall–Kier alpha value is -2.10. The van der Waals surface area contributed by atoms with E-state index < -0.39 is 5.91 Å². The summed E-state index contributed by atoms with van der Waals surface area (Å²) in [6, 6.07) is 6.25. The van der Waals surface area contributed by atoms with E-state index in [1.165, 1.54) is 12.1 Å². The zero-order chi connectivity index (χ0) is 16.3. The number of halogens is 1. The highest BCUT2D eigenvalue weighted by molar-refractivity contribution is 6.02. The van der Waals surface area contributed by atoms with Crippen LogP contribution in [0.25, 0.3) is 11.1 Å². The number of rotatable bonds is 6. The van der Waals surface area contributed by atoms with Crippen molar-refractivity contribution in [3.8, 4) is 11.1 Å². The Morgan fingerprint density at radius 1 is 1.23 bits per heavy atom. The smallest absolute Gasteiger partial charge is 0.251 e. The second-order valence-corrected chi connectivity index (χ2v) is 5.51. The van der Waals surface area contributed by atoms with Gasteiger partial charge >= 0.3 is 0 Å². The van der Waals surface area contributed by atoms with Crippen molar-refractivity contribution in [2.45, 2.75) is 46.6 Å². The Balaban J connectivity index is 2.69. The molecular weight excluding hydrogens is 279 g/mol. The highest BCUT2D eigenvalue weighted by atomic mass is 19.1. The van der Waals surface area contributed by atoms with Gasteiger partial charge in [-0.05, 0) is 37.5 Å². The van der Waals surface area contributed by atoms with Gasteiger partial charge in [0.1, 0.15) is 5.82 Å². The van der Waals surface area contributed by atoms with Crippen LogP contribution in [-0.2, 0) is 13.0 Å². The van der Waals surface area contributed by atoms with E-state index in [2.05, 4.69) is 18.4 Å². The van der Waals surface area contributed by atoms with Gasteiger partial charge in [0.05, 0.1) is 5.56 Å². The molecule has 0 saturated carbocycles. The number of hydrogen-bond donors (Lipinski definition) is 1. The Morgan fingerprint density at radius 2 is 1.86 bits per heavy atom. The highest BCUT2D eigenvalue weighted by Crippen LogP contribution is 2.33. The van der Waals surface area contributed by atoms with Crippen molar-refractivity contribution in [3.63, 3.8) is 0 Å². The molecule has 0 atom stereocenters. The van der Waals surface area contributed by atoms with E-state index in [4.69, 9.17) is 5.73 Å². The maximum absolute atomic E-state index is 13.2. The molecule has 1 amide bonds. The van der Waals surface area contributed by atoms with Crippen LogP contribution in [0.4, 0.5) is 4.39 Å². The molecule has 1 aromatic carbocycles. The van der Waals surface area contributed by atoms with Gasteiger partial charge in [-0.25, -0.2) is 4.39 Å². The van der Waals surface area contributed by atoms with Crippen molar-refractivity contribution >= 4 is 5.91 Å². The van der Waals surface area contributed by atoms with Gasteiger partial charge in [-0.1, -0.05) is 32.4 Å². The summed E-state index contributed by atoms with van der Waals surface area (Å²) >= 11 is 0. The molecule has 1 aromatic heterocycles. The number of carbonyl (C=O) groups excluding carboxylic acids is 1. The summed E-state index contributed by atoms with van der Waals surface area (Å²) < 4.78 is 15.4. The first kappa shape index (κ1) is 16.3. The van der Waals surface area contributed by atoms with Crippen LogP contribution in [0, 0.1) is 12.7 Å². The molecule has 0 saturated heterocycles. The predicted molar refractivity (Wildman–Crippen MR) is 87.4 cm³/mol. The van der Waals surface area contributed by atoms with Crippen LogP contribution in [0.3, 0.4) is 0 Å². The van der Waals surface area contributed by atoms with E-state index in [9.17, 15) is 9.18 Å². The molecule has 118 valence electrons. The third kappa shape index (κ3) is 2.91. The molecule has 0 aliphatic carbocycles. The first-order valence-electron chi connectivity index (χ1n) is 7.78. The molecule has 0 spiro atoms. The first-order valence-corrected chi connectivity index (χ1v) is 7.78. The van der Waals surface area contributed by atoms with Gasteiger partial charge in [0, 0.05) is 23.5 Å². The molecule has 0 bridgehead atoms. The minimum absolute atomic E-state index is 0.287. The molecule has 0 fully saturated rings. The summed E-state index contributed by atoms with van der Waals surface area (Å²) in [5, 5.41) is 0. The Bertz CT molecular complexity index is 671. The zero-order valence-corrected chi connectivity index (χ0v) is 13.4. The topological polar surface area (TPSA) is 48.0 Å². The van der Waals surface area contributed by atoms with Crippen LogP contribution in [0.5, 0.6) is 0 Å². The van der Waals surface area contributed by atoms with Gasteiger partial charge in [-0.2, -0.15) is 0 Å². The summed E-state index contributed by atoms with van der Waals surface area (Å²) in [5.41, 5.74) is 9.86. The van der Waals surface area contributed by atoms with Gasteiger partial charge in [0.15, 0.2) is 0 Å². The van der Waals surface area contributed by atoms with E-state index >= 15 is 0 Å². The minimum Gasteiger partial charge on any atom is -0.366 e. The molecule has 2 N–H and O–H groups in total. The predicted octanol–water partition coefficient (Wildman–Crippen LogP) is 4.06. The molecule has 3 nitrogen and oxygen atoms in total. The van der Waals surface area contributed by atoms with Crippen LogP contribution < -0.4 is 5.73 Å². The van der Waals surface area contributed by atoms with E-state index in [0.717, 1.165) is 48.3 Å². The first-order chi connectivity index (χ1) is 10.5. The van der Waals surface area contributed by atoms with Crippen LogP contribution in [0.1, 0.15) is 48.4 Å². The number of amides is 1. The van der Waals surface area contributed by atoms with Crippen LogP contribution >= 0.6 is 0 Å². The fourth-order valence-corrected chi connectivity index (χ4v) is 3.01. The number of nitrogens with zero attached hydrogens (tertiary/aromatic N) is 1. The summed E-state index contributed by atoms with van der Waals surface area (Å²) in [6.07, 6.45) is 2.92.